The summed E-state index contributed by atoms with van der Waals surface area (Å²) in [5, 5.41) is 11.1. The molecule has 0 bridgehead atoms. The Morgan fingerprint density at radius 3 is 2.73 bits per heavy atom. The number of carbonyl (C=O) groups excluding carboxylic acids is 1. The number of nitrogens with zero attached hydrogens (tertiary/aromatic N) is 2. The zero-order valence-corrected chi connectivity index (χ0v) is 18.3. The number of benzene rings is 2. The number of aryl methyl sites for hydroxylation is 1. The Labute approximate surface area is 180 Å². The second-order valence-corrected chi connectivity index (χ2v) is 7.91. The molecule has 0 aliphatic rings. The summed E-state index contributed by atoms with van der Waals surface area (Å²) >= 11 is 1.17. The Morgan fingerprint density at radius 1 is 1.17 bits per heavy atom. The van der Waals surface area contributed by atoms with E-state index in [4.69, 9.17) is 13.9 Å². The zero-order chi connectivity index (χ0) is 21.5. The third kappa shape index (κ3) is 5.76. The van der Waals surface area contributed by atoms with E-state index in [1.807, 2.05) is 25.1 Å². The van der Waals surface area contributed by atoms with Crippen LogP contribution in [-0.4, -0.2) is 29.0 Å². The molecule has 158 valence electrons. The number of anilines is 1. The second-order valence-electron chi connectivity index (χ2n) is 6.98. The average Bonchev–Trinajstić information content (AvgIpc) is 3.19. The maximum absolute atomic E-state index is 12.2. The Bertz CT molecular complexity index is 1000. The summed E-state index contributed by atoms with van der Waals surface area (Å²) in [6, 6.07) is 13.4. The fourth-order valence-electron chi connectivity index (χ4n) is 2.80. The molecular weight excluding hydrogens is 402 g/mol. The molecule has 2 aromatic carbocycles. The van der Waals surface area contributed by atoms with E-state index in [1.165, 1.54) is 11.8 Å². The molecule has 0 aliphatic carbocycles. The van der Waals surface area contributed by atoms with E-state index in [0.29, 0.717) is 28.5 Å². The van der Waals surface area contributed by atoms with Crippen molar-refractivity contribution in [2.24, 2.45) is 0 Å². The molecule has 1 aromatic heterocycles. The summed E-state index contributed by atoms with van der Waals surface area (Å²) in [5.74, 6) is 2.06. The van der Waals surface area contributed by atoms with Gasteiger partial charge in [0.2, 0.25) is 5.91 Å². The molecule has 0 radical (unpaired) electrons. The molecule has 7 nitrogen and oxygen atoms in total. The van der Waals surface area contributed by atoms with Gasteiger partial charge in [-0.25, -0.2) is 0 Å². The molecule has 1 heterocycles. The molecule has 1 amide bonds. The van der Waals surface area contributed by atoms with Gasteiger partial charge in [0, 0.05) is 0 Å². The smallest absolute Gasteiger partial charge is 0.277 e. The molecule has 0 aliphatic heterocycles. The molecule has 0 saturated carbocycles. The lowest BCUT2D eigenvalue weighted by Crippen LogP contribution is -2.14. The second kappa shape index (κ2) is 10.2. The van der Waals surface area contributed by atoms with Crippen LogP contribution in [0.25, 0.3) is 0 Å². The van der Waals surface area contributed by atoms with E-state index in [-0.39, 0.29) is 18.3 Å². The van der Waals surface area contributed by atoms with Gasteiger partial charge in [0.1, 0.15) is 11.5 Å². The van der Waals surface area contributed by atoms with Gasteiger partial charge in [0.05, 0.1) is 18.6 Å². The fraction of sp³-hybridized carbons (Fsp3) is 0.318. The van der Waals surface area contributed by atoms with E-state index in [9.17, 15) is 4.79 Å². The highest BCUT2D eigenvalue weighted by Gasteiger charge is 2.13. The third-order valence-electron chi connectivity index (χ3n) is 4.30. The number of methoxy groups -OCH3 is 1. The minimum atomic E-state index is -0.193. The Kier molecular flexibility index (Phi) is 7.35. The van der Waals surface area contributed by atoms with Gasteiger partial charge in [-0.2, -0.15) is 0 Å². The zero-order valence-electron chi connectivity index (χ0n) is 17.5. The number of rotatable bonds is 9. The van der Waals surface area contributed by atoms with Crippen LogP contribution in [0.15, 0.2) is 52.1 Å². The van der Waals surface area contributed by atoms with E-state index in [0.717, 1.165) is 16.9 Å². The highest BCUT2D eigenvalue weighted by atomic mass is 32.2. The van der Waals surface area contributed by atoms with Crippen LogP contribution in [0, 0.1) is 6.92 Å². The van der Waals surface area contributed by atoms with Crippen molar-refractivity contribution in [1.29, 1.82) is 0 Å². The summed E-state index contributed by atoms with van der Waals surface area (Å²) in [6.07, 6.45) is 0. The predicted octanol–water partition coefficient (Wildman–Crippen LogP) is 4.82. The first-order valence-electron chi connectivity index (χ1n) is 9.57. The molecule has 0 fully saturated rings. The molecule has 8 heteroatoms. The molecule has 3 rings (SSSR count). The number of thioether (sulfide) groups is 1. The van der Waals surface area contributed by atoms with E-state index in [1.54, 1.807) is 19.2 Å². The fourth-order valence-corrected chi connectivity index (χ4v) is 3.38. The maximum Gasteiger partial charge on any atom is 0.277 e. The lowest BCUT2D eigenvalue weighted by Gasteiger charge is -2.13. The quantitative estimate of drug-likeness (QED) is 0.490. The van der Waals surface area contributed by atoms with Crippen molar-refractivity contribution < 1.29 is 18.7 Å². The molecule has 30 heavy (non-hydrogen) atoms. The van der Waals surface area contributed by atoms with Crippen molar-refractivity contribution in [3.8, 4) is 11.5 Å². The number of hydrogen-bond donors (Lipinski definition) is 1. The third-order valence-corrected chi connectivity index (χ3v) is 5.12. The number of carbonyl (C=O) groups is 1. The van der Waals surface area contributed by atoms with Crippen LogP contribution in [0.5, 0.6) is 11.5 Å². The van der Waals surface area contributed by atoms with Gasteiger partial charge >= 0.3 is 0 Å². The van der Waals surface area contributed by atoms with Crippen LogP contribution >= 0.6 is 11.8 Å². The normalized spacial score (nSPS) is 10.8. The van der Waals surface area contributed by atoms with Gasteiger partial charge in [0.15, 0.2) is 6.61 Å². The number of amides is 1. The number of ether oxygens (including phenoxy) is 2. The van der Waals surface area contributed by atoms with Gasteiger partial charge in [-0.1, -0.05) is 49.9 Å². The summed E-state index contributed by atoms with van der Waals surface area (Å²) in [5.41, 5.74) is 2.87. The lowest BCUT2D eigenvalue weighted by atomic mass is 10.0. The van der Waals surface area contributed by atoms with Crippen LogP contribution in [0.4, 0.5) is 5.69 Å². The van der Waals surface area contributed by atoms with E-state index >= 15 is 0 Å². The highest BCUT2D eigenvalue weighted by molar-refractivity contribution is 7.99. The molecular formula is C22H25N3O4S. The van der Waals surface area contributed by atoms with Gasteiger partial charge in [0.25, 0.3) is 11.1 Å². The summed E-state index contributed by atoms with van der Waals surface area (Å²) in [7, 11) is 1.56. The van der Waals surface area contributed by atoms with Crippen LogP contribution in [0.3, 0.4) is 0 Å². The molecule has 3 aromatic rings. The number of aromatic nitrogens is 2. The standard InChI is InChI=1S/C22H25N3O4S/c1-14(2)16-10-9-15(3)11-19(16)28-12-21-24-25-22(29-21)30-13-20(26)23-17-7-5-6-8-18(17)27-4/h5-11,14H,12-13H2,1-4H3,(H,23,26). The SMILES string of the molecule is COc1ccccc1NC(=O)CSc1nnc(COc2cc(C)ccc2C(C)C)o1. The van der Waals surface area contributed by atoms with Crippen molar-refractivity contribution >= 4 is 23.4 Å². The van der Waals surface area contributed by atoms with Crippen molar-refractivity contribution in [1.82, 2.24) is 10.2 Å². The minimum absolute atomic E-state index is 0.135. The largest absolute Gasteiger partial charge is 0.495 e. The summed E-state index contributed by atoms with van der Waals surface area (Å²) < 4.78 is 16.7. The lowest BCUT2D eigenvalue weighted by molar-refractivity contribution is -0.113. The first-order valence-corrected chi connectivity index (χ1v) is 10.6. The number of para-hydroxylation sites is 2. The highest BCUT2D eigenvalue weighted by Crippen LogP contribution is 2.28. The average molecular weight is 428 g/mol. The van der Waals surface area contributed by atoms with Crippen molar-refractivity contribution in [2.45, 2.75) is 38.5 Å². The summed E-state index contributed by atoms with van der Waals surface area (Å²) in [4.78, 5) is 12.2. The molecule has 0 saturated heterocycles. The van der Waals surface area contributed by atoms with Crippen LogP contribution in [0.2, 0.25) is 0 Å². The number of nitrogens with one attached hydrogen (secondary N) is 1. The van der Waals surface area contributed by atoms with Gasteiger partial charge in [-0.3, -0.25) is 4.79 Å². The van der Waals surface area contributed by atoms with Crippen LogP contribution < -0.4 is 14.8 Å². The topological polar surface area (TPSA) is 86.5 Å². The van der Waals surface area contributed by atoms with Gasteiger partial charge in [-0.05, 0) is 42.2 Å². The van der Waals surface area contributed by atoms with Crippen LogP contribution in [-0.2, 0) is 11.4 Å². The maximum atomic E-state index is 12.2. The molecule has 0 unspecified atom stereocenters. The molecule has 0 atom stereocenters. The van der Waals surface area contributed by atoms with Crippen LogP contribution in [0.1, 0.15) is 36.8 Å². The first kappa shape index (κ1) is 21.7. The summed E-state index contributed by atoms with van der Waals surface area (Å²) in [6.45, 7) is 6.43. The Hall–Kier alpha value is -3.00. The molecule has 1 N–H and O–H groups in total. The number of hydrogen-bond acceptors (Lipinski definition) is 7. The minimum Gasteiger partial charge on any atom is -0.495 e. The van der Waals surface area contributed by atoms with E-state index in [2.05, 4.69) is 41.5 Å². The van der Waals surface area contributed by atoms with Gasteiger partial charge in [-0.15, -0.1) is 10.2 Å². The van der Waals surface area contributed by atoms with E-state index < -0.39 is 0 Å². The monoisotopic (exact) mass is 427 g/mol. The van der Waals surface area contributed by atoms with Crippen molar-refractivity contribution in [2.75, 3.05) is 18.2 Å². The van der Waals surface area contributed by atoms with Gasteiger partial charge < -0.3 is 19.2 Å². The predicted molar refractivity (Wildman–Crippen MR) is 116 cm³/mol. The van der Waals surface area contributed by atoms with Crippen molar-refractivity contribution in [3.05, 3.63) is 59.5 Å². The Morgan fingerprint density at radius 2 is 1.97 bits per heavy atom. The first-order chi connectivity index (χ1) is 14.5. The molecule has 0 spiro atoms. The Balaban J connectivity index is 1.53. The van der Waals surface area contributed by atoms with Crippen molar-refractivity contribution in [3.63, 3.8) is 0 Å².